The average Bonchev–Trinajstić information content (AvgIpc) is 2.27. The molecule has 1 aromatic carbocycles. The van der Waals surface area contributed by atoms with E-state index in [9.17, 15) is 5.11 Å². The zero-order valence-electron chi connectivity index (χ0n) is 9.53. The van der Waals surface area contributed by atoms with Gasteiger partial charge in [0, 0.05) is 6.54 Å². The fraction of sp³-hybridized carbons (Fsp3) is 0.500. The van der Waals surface area contributed by atoms with E-state index >= 15 is 0 Å². The summed E-state index contributed by atoms with van der Waals surface area (Å²) in [5, 5.41) is 9.67. The van der Waals surface area contributed by atoms with Crippen molar-refractivity contribution in [2.75, 3.05) is 13.7 Å². The molecule has 1 aromatic rings. The summed E-state index contributed by atoms with van der Waals surface area (Å²) in [6.07, 6.45) is -0.613. The predicted octanol–water partition coefficient (Wildman–Crippen LogP) is 1.81. The van der Waals surface area contributed by atoms with Gasteiger partial charge in [0.25, 0.3) is 0 Å². The summed E-state index contributed by atoms with van der Waals surface area (Å²) in [7, 11) is 1.62. The monoisotopic (exact) mass is 209 g/mol. The summed E-state index contributed by atoms with van der Waals surface area (Å²) in [6.45, 7) is 4.44. The molecule has 84 valence electrons. The number of hydrogen-bond donors (Lipinski definition) is 2. The van der Waals surface area contributed by atoms with Crippen LogP contribution in [0.4, 0.5) is 0 Å². The van der Waals surface area contributed by atoms with Crippen LogP contribution >= 0.6 is 0 Å². The van der Waals surface area contributed by atoms with Crippen LogP contribution < -0.4 is 10.5 Å². The van der Waals surface area contributed by atoms with E-state index in [-0.39, 0.29) is 6.54 Å². The van der Waals surface area contributed by atoms with Crippen LogP contribution in [0.1, 0.15) is 37.0 Å². The first kappa shape index (κ1) is 12.0. The van der Waals surface area contributed by atoms with Gasteiger partial charge in [-0.1, -0.05) is 19.9 Å². The fourth-order valence-electron chi connectivity index (χ4n) is 1.43. The van der Waals surface area contributed by atoms with Crippen molar-refractivity contribution in [1.82, 2.24) is 0 Å². The Labute approximate surface area is 90.9 Å². The Hall–Kier alpha value is -1.06. The molecule has 0 aliphatic rings. The molecule has 1 atom stereocenters. The number of nitrogens with two attached hydrogens (primary N) is 1. The van der Waals surface area contributed by atoms with E-state index in [0.717, 1.165) is 16.9 Å². The molecule has 0 saturated heterocycles. The number of ether oxygens (including phenoxy) is 1. The standard InChI is InChI=1S/C12H19NO2/c1-8(2)9-4-10(12(14)7-13)6-11(5-9)15-3/h4-6,8,12,14H,7,13H2,1-3H3. The lowest BCUT2D eigenvalue weighted by molar-refractivity contribution is 0.186. The molecule has 0 saturated carbocycles. The minimum Gasteiger partial charge on any atom is -0.497 e. The number of aliphatic hydroxyl groups is 1. The molecule has 1 rings (SSSR count). The maximum Gasteiger partial charge on any atom is 0.119 e. The lowest BCUT2D eigenvalue weighted by Gasteiger charge is -2.14. The van der Waals surface area contributed by atoms with Crippen LogP contribution in [0, 0.1) is 0 Å². The molecule has 0 aliphatic carbocycles. The molecular weight excluding hydrogens is 190 g/mol. The highest BCUT2D eigenvalue weighted by atomic mass is 16.5. The second-order valence-electron chi connectivity index (χ2n) is 3.95. The zero-order valence-corrected chi connectivity index (χ0v) is 9.53. The Kier molecular flexibility index (Phi) is 4.12. The molecule has 0 bridgehead atoms. The number of benzene rings is 1. The van der Waals surface area contributed by atoms with Crippen molar-refractivity contribution in [3.8, 4) is 5.75 Å². The van der Waals surface area contributed by atoms with Crippen molar-refractivity contribution in [2.45, 2.75) is 25.9 Å². The van der Waals surface area contributed by atoms with Crippen LogP contribution in [0.15, 0.2) is 18.2 Å². The minimum atomic E-state index is -0.613. The summed E-state index contributed by atoms with van der Waals surface area (Å²) in [6, 6.07) is 5.78. The predicted molar refractivity (Wildman–Crippen MR) is 61.1 cm³/mol. The molecule has 0 aromatic heterocycles. The number of aliphatic hydroxyl groups excluding tert-OH is 1. The lowest BCUT2D eigenvalue weighted by Crippen LogP contribution is -2.12. The van der Waals surface area contributed by atoms with E-state index in [0.29, 0.717) is 5.92 Å². The van der Waals surface area contributed by atoms with Gasteiger partial charge < -0.3 is 15.6 Å². The van der Waals surface area contributed by atoms with Gasteiger partial charge in [0.15, 0.2) is 0 Å². The summed E-state index contributed by atoms with van der Waals surface area (Å²) < 4.78 is 5.19. The van der Waals surface area contributed by atoms with Crippen LogP contribution in [0.25, 0.3) is 0 Å². The van der Waals surface area contributed by atoms with Gasteiger partial charge in [-0.25, -0.2) is 0 Å². The van der Waals surface area contributed by atoms with Crippen LogP contribution in [-0.2, 0) is 0 Å². The van der Waals surface area contributed by atoms with Crippen LogP contribution in [0.2, 0.25) is 0 Å². The number of hydrogen-bond acceptors (Lipinski definition) is 3. The van der Waals surface area contributed by atoms with E-state index in [1.54, 1.807) is 7.11 Å². The van der Waals surface area contributed by atoms with Crippen LogP contribution in [0.5, 0.6) is 5.75 Å². The molecule has 0 fully saturated rings. The minimum absolute atomic E-state index is 0.227. The molecular formula is C12H19NO2. The Morgan fingerprint density at radius 3 is 2.33 bits per heavy atom. The largest absolute Gasteiger partial charge is 0.497 e. The summed E-state index contributed by atoms with van der Waals surface area (Å²) >= 11 is 0. The second kappa shape index (κ2) is 5.14. The van der Waals surface area contributed by atoms with Crippen molar-refractivity contribution in [1.29, 1.82) is 0 Å². The third kappa shape index (κ3) is 2.94. The number of rotatable bonds is 4. The van der Waals surface area contributed by atoms with Crippen LogP contribution in [-0.4, -0.2) is 18.8 Å². The van der Waals surface area contributed by atoms with E-state index in [1.807, 2.05) is 18.2 Å². The summed E-state index contributed by atoms with van der Waals surface area (Å²) in [5.74, 6) is 1.17. The molecule has 0 amide bonds. The SMILES string of the molecule is COc1cc(C(C)C)cc(C(O)CN)c1. The molecule has 1 unspecified atom stereocenters. The molecule has 0 radical (unpaired) electrons. The average molecular weight is 209 g/mol. The molecule has 0 aliphatic heterocycles. The molecule has 0 heterocycles. The third-order valence-corrected chi connectivity index (χ3v) is 2.46. The number of methoxy groups -OCH3 is 1. The Morgan fingerprint density at radius 2 is 1.87 bits per heavy atom. The maximum atomic E-state index is 9.67. The highest BCUT2D eigenvalue weighted by Gasteiger charge is 2.10. The maximum absolute atomic E-state index is 9.67. The molecule has 3 N–H and O–H groups in total. The quantitative estimate of drug-likeness (QED) is 0.795. The van der Waals surface area contributed by atoms with Crippen LogP contribution in [0.3, 0.4) is 0 Å². The fourth-order valence-corrected chi connectivity index (χ4v) is 1.43. The Bertz CT molecular complexity index is 323. The first-order valence-corrected chi connectivity index (χ1v) is 5.15. The molecule has 15 heavy (non-hydrogen) atoms. The highest BCUT2D eigenvalue weighted by molar-refractivity contribution is 5.37. The van der Waals surface area contributed by atoms with Gasteiger partial charge in [-0.2, -0.15) is 0 Å². The lowest BCUT2D eigenvalue weighted by atomic mass is 9.98. The van der Waals surface area contributed by atoms with Gasteiger partial charge in [0.1, 0.15) is 5.75 Å². The van der Waals surface area contributed by atoms with Gasteiger partial charge in [-0.15, -0.1) is 0 Å². The topological polar surface area (TPSA) is 55.5 Å². The normalized spacial score (nSPS) is 12.9. The zero-order chi connectivity index (χ0) is 11.4. The highest BCUT2D eigenvalue weighted by Crippen LogP contribution is 2.25. The van der Waals surface area contributed by atoms with Crippen molar-refractivity contribution < 1.29 is 9.84 Å². The molecule has 0 spiro atoms. The van der Waals surface area contributed by atoms with Gasteiger partial charge in [-0.3, -0.25) is 0 Å². The Morgan fingerprint density at radius 1 is 1.27 bits per heavy atom. The van der Waals surface area contributed by atoms with E-state index < -0.39 is 6.10 Å². The van der Waals surface area contributed by atoms with Gasteiger partial charge in [0.05, 0.1) is 13.2 Å². The van der Waals surface area contributed by atoms with Crippen molar-refractivity contribution in [3.05, 3.63) is 29.3 Å². The van der Waals surface area contributed by atoms with Crippen molar-refractivity contribution >= 4 is 0 Å². The molecule has 3 nitrogen and oxygen atoms in total. The third-order valence-electron chi connectivity index (χ3n) is 2.46. The molecule has 3 heteroatoms. The summed E-state index contributed by atoms with van der Waals surface area (Å²) in [5.41, 5.74) is 7.40. The smallest absolute Gasteiger partial charge is 0.119 e. The van der Waals surface area contributed by atoms with Gasteiger partial charge in [-0.05, 0) is 29.2 Å². The second-order valence-corrected chi connectivity index (χ2v) is 3.95. The van der Waals surface area contributed by atoms with Gasteiger partial charge >= 0.3 is 0 Å². The van der Waals surface area contributed by atoms with Crippen molar-refractivity contribution in [3.63, 3.8) is 0 Å². The van der Waals surface area contributed by atoms with Crippen molar-refractivity contribution in [2.24, 2.45) is 5.73 Å². The van der Waals surface area contributed by atoms with E-state index in [4.69, 9.17) is 10.5 Å². The van der Waals surface area contributed by atoms with Gasteiger partial charge in [0.2, 0.25) is 0 Å². The summed E-state index contributed by atoms with van der Waals surface area (Å²) in [4.78, 5) is 0. The van der Waals surface area contributed by atoms with E-state index in [2.05, 4.69) is 13.8 Å². The Balaban J connectivity index is 3.11. The van der Waals surface area contributed by atoms with E-state index in [1.165, 1.54) is 0 Å². The first-order chi connectivity index (χ1) is 7.08. The first-order valence-electron chi connectivity index (χ1n) is 5.15.